The summed E-state index contributed by atoms with van der Waals surface area (Å²) in [4.78, 5) is 1.39. The molecule has 1 aromatic carbocycles. The minimum absolute atomic E-state index is 0.613. The largest absolute Gasteiger partial charge is 0.314 e. The fourth-order valence-electron chi connectivity index (χ4n) is 1.94. The van der Waals surface area contributed by atoms with Crippen molar-refractivity contribution in [2.75, 3.05) is 6.54 Å². The van der Waals surface area contributed by atoms with Gasteiger partial charge in [-0.25, -0.2) is 0 Å². The van der Waals surface area contributed by atoms with Crippen LogP contribution >= 0.6 is 11.8 Å². The summed E-state index contributed by atoms with van der Waals surface area (Å²) in [5.41, 5.74) is 1.35. The van der Waals surface area contributed by atoms with Gasteiger partial charge in [0.1, 0.15) is 0 Å². The Labute approximate surface area is 110 Å². The lowest BCUT2D eigenvalue weighted by atomic mass is 10.2. The van der Waals surface area contributed by atoms with Gasteiger partial charge in [0.2, 0.25) is 0 Å². The first kappa shape index (κ1) is 14.6. The Kier molecular flexibility index (Phi) is 6.68. The number of nitrogens with one attached hydrogen (secondary N) is 1. The van der Waals surface area contributed by atoms with Gasteiger partial charge in [-0.1, -0.05) is 31.5 Å². The monoisotopic (exact) mass is 251 g/mol. The maximum absolute atomic E-state index is 3.55. The van der Waals surface area contributed by atoms with Crippen molar-refractivity contribution in [1.29, 1.82) is 0 Å². The first-order valence-electron chi connectivity index (χ1n) is 6.58. The second kappa shape index (κ2) is 7.78. The molecule has 0 radical (unpaired) electrons. The summed E-state index contributed by atoms with van der Waals surface area (Å²) in [5.74, 6) is 0. The van der Waals surface area contributed by atoms with Crippen molar-refractivity contribution >= 4 is 11.8 Å². The lowest BCUT2D eigenvalue weighted by Crippen LogP contribution is -2.29. The third kappa shape index (κ3) is 6.13. The van der Waals surface area contributed by atoms with E-state index < -0.39 is 0 Å². The van der Waals surface area contributed by atoms with Crippen LogP contribution in [0.15, 0.2) is 29.2 Å². The van der Waals surface area contributed by atoms with Crippen LogP contribution in [0.4, 0.5) is 0 Å². The Morgan fingerprint density at radius 3 is 2.71 bits per heavy atom. The molecule has 2 unspecified atom stereocenters. The molecule has 0 saturated carbocycles. The van der Waals surface area contributed by atoms with Crippen molar-refractivity contribution in [2.45, 2.75) is 56.7 Å². The van der Waals surface area contributed by atoms with E-state index >= 15 is 0 Å². The van der Waals surface area contributed by atoms with E-state index in [1.54, 1.807) is 0 Å². The summed E-state index contributed by atoms with van der Waals surface area (Å²) in [6, 6.07) is 9.38. The lowest BCUT2D eigenvalue weighted by Gasteiger charge is -2.18. The highest BCUT2D eigenvalue weighted by molar-refractivity contribution is 7.99. The zero-order valence-electron chi connectivity index (χ0n) is 11.5. The highest BCUT2D eigenvalue weighted by Gasteiger charge is 2.09. The summed E-state index contributed by atoms with van der Waals surface area (Å²) in [5, 5.41) is 4.21. The molecular weight excluding hydrogens is 226 g/mol. The Hall–Kier alpha value is -0.470. The number of thioether (sulfide) groups is 1. The van der Waals surface area contributed by atoms with Crippen LogP contribution in [0.2, 0.25) is 0 Å². The molecule has 96 valence electrons. The Morgan fingerprint density at radius 1 is 1.29 bits per heavy atom. The lowest BCUT2D eigenvalue weighted by molar-refractivity contribution is 0.513. The number of hydrogen-bond donors (Lipinski definition) is 1. The van der Waals surface area contributed by atoms with Gasteiger partial charge >= 0.3 is 0 Å². The van der Waals surface area contributed by atoms with E-state index in [1.165, 1.54) is 23.3 Å². The van der Waals surface area contributed by atoms with Gasteiger partial charge in [0.05, 0.1) is 0 Å². The maximum Gasteiger partial charge on any atom is 0.00807 e. The van der Waals surface area contributed by atoms with E-state index in [9.17, 15) is 0 Å². The van der Waals surface area contributed by atoms with Gasteiger partial charge in [-0.2, -0.15) is 0 Å². The van der Waals surface area contributed by atoms with Crippen molar-refractivity contribution in [3.8, 4) is 0 Å². The number of hydrogen-bond acceptors (Lipinski definition) is 2. The van der Waals surface area contributed by atoms with Crippen LogP contribution in [0.5, 0.6) is 0 Å². The molecule has 17 heavy (non-hydrogen) atoms. The molecule has 1 N–H and O–H groups in total. The van der Waals surface area contributed by atoms with Crippen LogP contribution in [0, 0.1) is 6.92 Å². The normalized spacial score (nSPS) is 14.6. The molecule has 0 bridgehead atoms. The Morgan fingerprint density at radius 2 is 2.06 bits per heavy atom. The molecule has 0 fully saturated rings. The van der Waals surface area contributed by atoms with Crippen LogP contribution in [-0.4, -0.2) is 17.8 Å². The third-order valence-electron chi connectivity index (χ3n) is 2.76. The minimum Gasteiger partial charge on any atom is -0.314 e. The topological polar surface area (TPSA) is 12.0 Å². The molecule has 1 rings (SSSR count). The molecule has 0 saturated heterocycles. The molecule has 0 aliphatic heterocycles. The molecule has 0 amide bonds. The van der Waals surface area contributed by atoms with Gasteiger partial charge in [-0.3, -0.25) is 0 Å². The number of rotatable bonds is 7. The van der Waals surface area contributed by atoms with Crippen LogP contribution < -0.4 is 5.32 Å². The number of aryl methyl sites for hydroxylation is 1. The van der Waals surface area contributed by atoms with Gasteiger partial charge in [0.15, 0.2) is 0 Å². The SMILES string of the molecule is CCCNC(C)CC(C)Sc1cccc(C)c1. The molecule has 2 atom stereocenters. The Bertz CT molecular complexity index is 324. The van der Waals surface area contributed by atoms with Gasteiger partial charge < -0.3 is 5.32 Å². The third-order valence-corrected chi connectivity index (χ3v) is 3.88. The second-order valence-corrected chi connectivity index (χ2v) is 6.35. The molecule has 1 nitrogen and oxygen atoms in total. The van der Waals surface area contributed by atoms with Crippen molar-refractivity contribution in [3.63, 3.8) is 0 Å². The van der Waals surface area contributed by atoms with Crippen molar-refractivity contribution in [3.05, 3.63) is 29.8 Å². The first-order valence-corrected chi connectivity index (χ1v) is 7.46. The highest BCUT2D eigenvalue weighted by atomic mass is 32.2. The zero-order valence-corrected chi connectivity index (χ0v) is 12.3. The summed E-state index contributed by atoms with van der Waals surface area (Å²) in [7, 11) is 0. The molecule has 0 aliphatic carbocycles. The summed E-state index contributed by atoms with van der Waals surface area (Å²) in [6.45, 7) is 10.1. The summed E-state index contributed by atoms with van der Waals surface area (Å²) >= 11 is 1.98. The van der Waals surface area contributed by atoms with Crippen molar-refractivity contribution in [1.82, 2.24) is 5.32 Å². The van der Waals surface area contributed by atoms with Gasteiger partial charge in [-0.15, -0.1) is 11.8 Å². The predicted octanol–water partition coefficient (Wildman–Crippen LogP) is 4.25. The molecule has 0 heterocycles. The average Bonchev–Trinajstić information content (AvgIpc) is 2.26. The van der Waals surface area contributed by atoms with Crippen LogP contribution in [0.3, 0.4) is 0 Å². The van der Waals surface area contributed by atoms with Gasteiger partial charge in [0.25, 0.3) is 0 Å². The average molecular weight is 251 g/mol. The molecule has 0 aliphatic rings. The highest BCUT2D eigenvalue weighted by Crippen LogP contribution is 2.26. The summed E-state index contributed by atoms with van der Waals surface area (Å²) in [6.07, 6.45) is 2.43. The van der Waals surface area contributed by atoms with E-state index in [4.69, 9.17) is 0 Å². The standard InChI is InChI=1S/C15H25NS/c1-5-9-16-13(3)11-14(4)17-15-8-6-7-12(2)10-15/h6-8,10,13-14,16H,5,9,11H2,1-4H3. The summed E-state index contributed by atoms with van der Waals surface area (Å²) < 4.78 is 0. The molecule has 0 aromatic heterocycles. The maximum atomic E-state index is 3.55. The molecular formula is C15H25NS. The van der Waals surface area contributed by atoms with Crippen LogP contribution in [0.1, 0.15) is 39.2 Å². The smallest absolute Gasteiger partial charge is 0.00807 e. The van der Waals surface area contributed by atoms with Gasteiger partial charge in [0, 0.05) is 16.2 Å². The van der Waals surface area contributed by atoms with Crippen molar-refractivity contribution < 1.29 is 0 Å². The second-order valence-electron chi connectivity index (χ2n) is 4.84. The zero-order chi connectivity index (χ0) is 12.7. The van der Waals surface area contributed by atoms with Crippen LogP contribution in [0.25, 0.3) is 0 Å². The van der Waals surface area contributed by atoms with E-state index in [2.05, 4.69) is 57.3 Å². The molecule has 1 aromatic rings. The minimum atomic E-state index is 0.613. The number of benzene rings is 1. The fraction of sp³-hybridized carbons (Fsp3) is 0.600. The Balaban J connectivity index is 2.36. The quantitative estimate of drug-likeness (QED) is 0.727. The predicted molar refractivity (Wildman–Crippen MR) is 78.9 cm³/mol. The fourth-order valence-corrected chi connectivity index (χ4v) is 3.20. The van der Waals surface area contributed by atoms with E-state index in [1.807, 2.05) is 11.8 Å². The van der Waals surface area contributed by atoms with Gasteiger partial charge in [-0.05, 0) is 45.4 Å². The molecule has 2 heteroatoms. The van der Waals surface area contributed by atoms with E-state index in [0.29, 0.717) is 11.3 Å². The van der Waals surface area contributed by atoms with E-state index in [0.717, 1.165) is 6.54 Å². The van der Waals surface area contributed by atoms with E-state index in [-0.39, 0.29) is 0 Å². The van der Waals surface area contributed by atoms with Crippen LogP contribution in [-0.2, 0) is 0 Å². The first-order chi connectivity index (χ1) is 8.11. The molecule has 0 spiro atoms. The van der Waals surface area contributed by atoms with Crippen molar-refractivity contribution in [2.24, 2.45) is 0 Å².